The minimum atomic E-state index is -3.84. The van der Waals surface area contributed by atoms with E-state index in [4.69, 9.17) is 5.21 Å². The van der Waals surface area contributed by atoms with Crippen molar-refractivity contribution < 1.29 is 22.0 Å². The molecule has 9 heteroatoms. The van der Waals surface area contributed by atoms with Crippen molar-refractivity contribution in [2.24, 2.45) is 0 Å². The molecule has 0 amide bonds. The predicted molar refractivity (Wildman–Crippen MR) is 92.2 cm³/mol. The zero-order valence-corrected chi connectivity index (χ0v) is 14.8. The summed E-state index contributed by atoms with van der Waals surface area (Å²) in [6, 6.07) is 11.4. The highest BCUT2D eigenvalue weighted by atomic mass is 32.2. The minimum absolute atomic E-state index is 0.0548. The zero-order valence-electron chi connectivity index (χ0n) is 13.1. The van der Waals surface area contributed by atoms with Crippen LogP contribution in [0.15, 0.2) is 47.4 Å². The van der Waals surface area contributed by atoms with Crippen LogP contribution in [-0.4, -0.2) is 46.6 Å². The largest absolute Gasteiger partial charge is 0.317 e. The molecule has 24 heavy (non-hydrogen) atoms. The van der Waals surface area contributed by atoms with E-state index in [2.05, 4.69) is 4.72 Å². The van der Waals surface area contributed by atoms with Gasteiger partial charge in [-0.05, 0) is 29.3 Å². The summed E-state index contributed by atoms with van der Waals surface area (Å²) in [6.07, 6.45) is 1.13. The van der Waals surface area contributed by atoms with E-state index in [0.717, 1.165) is 17.0 Å². The van der Waals surface area contributed by atoms with Gasteiger partial charge in [0.2, 0.25) is 10.0 Å². The average Bonchev–Trinajstić information content (AvgIpc) is 2.51. The molecule has 2 aromatic rings. The van der Waals surface area contributed by atoms with E-state index in [1.165, 1.54) is 6.07 Å². The van der Waals surface area contributed by atoms with Crippen molar-refractivity contribution in [2.45, 2.75) is 17.4 Å². The molecule has 0 spiro atoms. The fourth-order valence-electron chi connectivity index (χ4n) is 2.29. The van der Waals surface area contributed by atoms with E-state index >= 15 is 0 Å². The Labute approximate surface area is 141 Å². The molecule has 132 valence electrons. The second-order valence-corrected chi connectivity index (χ2v) is 9.58. The number of sulfone groups is 1. The molecule has 0 radical (unpaired) electrons. The summed E-state index contributed by atoms with van der Waals surface area (Å²) in [7, 11) is -7.07. The molecule has 0 aliphatic heterocycles. The standard InChI is InChI=1S/C15H20N2O5S2/c1-23(19,20)9-8-14(11-16-18)17-24(21,22)15-7-6-12-4-2-3-5-13(12)10-15/h2-7,10,14,16-18H,8-9,11H2,1H3. The Morgan fingerprint density at radius 1 is 1.04 bits per heavy atom. The summed E-state index contributed by atoms with van der Waals surface area (Å²) >= 11 is 0. The molecule has 0 bridgehead atoms. The first-order valence-corrected chi connectivity index (χ1v) is 10.8. The Morgan fingerprint density at radius 3 is 2.33 bits per heavy atom. The van der Waals surface area contributed by atoms with Crippen LogP contribution in [0.5, 0.6) is 0 Å². The number of nitrogens with one attached hydrogen (secondary N) is 2. The summed E-state index contributed by atoms with van der Waals surface area (Å²) < 4.78 is 50.0. The molecular weight excluding hydrogens is 352 g/mol. The van der Waals surface area contributed by atoms with Crippen molar-refractivity contribution in [1.82, 2.24) is 10.2 Å². The van der Waals surface area contributed by atoms with Gasteiger partial charge in [0, 0.05) is 18.8 Å². The number of benzene rings is 2. The molecule has 0 heterocycles. The van der Waals surface area contributed by atoms with Gasteiger partial charge in [0.1, 0.15) is 9.84 Å². The molecule has 0 aromatic heterocycles. The normalized spacial score (nSPS) is 13.9. The molecule has 3 N–H and O–H groups in total. The molecule has 2 aromatic carbocycles. The highest BCUT2D eigenvalue weighted by Gasteiger charge is 2.21. The highest BCUT2D eigenvalue weighted by molar-refractivity contribution is 7.90. The topological polar surface area (TPSA) is 113 Å². The summed E-state index contributed by atoms with van der Waals surface area (Å²) in [5.74, 6) is -0.181. The van der Waals surface area contributed by atoms with E-state index in [-0.39, 0.29) is 23.6 Å². The van der Waals surface area contributed by atoms with Crippen molar-refractivity contribution in [3.05, 3.63) is 42.5 Å². The van der Waals surface area contributed by atoms with E-state index in [1.54, 1.807) is 12.1 Å². The Balaban J connectivity index is 2.22. The maximum Gasteiger partial charge on any atom is 0.240 e. The Bertz CT molecular complexity index is 910. The Kier molecular flexibility index (Phi) is 5.94. The molecule has 0 saturated carbocycles. The van der Waals surface area contributed by atoms with Gasteiger partial charge in [-0.25, -0.2) is 27.0 Å². The molecule has 1 unspecified atom stereocenters. The maximum atomic E-state index is 12.5. The monoisotopic (exact) mass is 372 g/mol. The lowest BCUT2D eigenvalue weighted by Gasteiger charge is -2.18. The predicted octanol–water partition coefficient (Wildman–Crippen LogP) is 0.900. The third kappa shape index (κ3) is 5.25. The van der Waals surface area contributed by atoms with Crippen LogP contribution in [0.2, 0.25) is 0 Å². The lowest BCUT2D eigenvalue weighted by Crippen LogP contribution is -2.42. The van der Waals surface area contributed by atoms with Crippen molar-refractivity contribution in [2.75, 3.05) is 18.6 Å². The minimum Gasteiger partial charge on any atom is -0.317 e. The van der Waals surface area contributed by atoms with Crippen LogP contribution in [-0.2, 0) is 19.9 Å². The fourth-order valence-corrected chi connectivity index (χ4v) is 4.31. The van der Waals surface area contributed by atoms with Crippen LogP contribution in [0.25, 0.3) is 10.8 Å². The molecule has 2 rings (SSSR count). The van der Waals surface area contributed by atoms with E-state index in [1.807, 2.05) is 29.7 Å². The van der Waals surface area contributed by atoms with Gasteiger partial charge in [0.25, 0.3) is 0 Å². The number of hydrogen-bond donors (Lipinski definition) is 3. The van der Waals surface area contributed by atoms with Gasteiger partial charge in [-0.1, -0.05) is 30.3 Å². The number of hydrogen-bond acceptors (Lipinski definition) is 6. The molecule has 0 aliphatic carbocycles. The first kappa shape index (κ1) is 18.8. The first-order valence-electron chi connectivity index (χ1n) is 7.27. The number of hydroxylamine groups is 1. The van der Waals surface area contributed by atoms with Crippen molar-refractivity contribution >= 4 is 30.6 Å². The van der Waals surface area contributed by atoms with E-state index in [9.17, 15) is 16.8 Å². The molecule has 1 atom stereocenters. The van der Waals surface area contributed by atoms with Crippen molar-refractivity contribution in [3.63, 3.8) is 0 Å². The van der Waals surface area contributed by atoms with E-state index in [0.29, 0.717) is 0 Å². The quantitative estimate of drug-likeness (QED) is 0.594. The van der Waals surface area contributed by atoms with Gasteiger partial charge < -0.3 is 5.21 Å². The van der Waals surface area contributed by atoms with E-state index < -0.39 is 25.9 Å². The van der Waals surface area contributed by atoms with Crippen LogP contribution in [0.1, 0.15) is 6.42 Å². The average molecular weight is 372 g/mol. The zero-order chi connectivity index (χ0) is 17.8. The second kappa shape index (κ2) is 7.58. The van der Waals surface area contributed by atoms with Crippen LogP contribution in [0.4, 0.5) is 0 Å². The van der Waals surface area contributed by atoms with Gasteiger partial charge >= 0.3 is 0 Å². The van der Waals surface area contributed by atoms with Crippen molar-refractivity contribution in [1.29, 1.82) is 0 Å². The highest BCUT2D eigenvalue weighted by Crippen LogP contribution is 2.19. The van der Waals surface area contributed by atoms with Crippen LogP contribution in [0, 0.1) is 0 Å². The molecule has 0 saturated heterocycles. The third-order valence-corrected chi connectivity index (χ3v) is 6.02. The summed E-state index contributed by atoms with van der Waals surface area (Å²) in [5, 5.41) is 10.5. The first-order chi connectivity index (χ1) is 11.2. The smallest absolute Gasteiger partial charge is 0.240 e. The Hall–Kier alpha value is -1.52. The Morgan fingerprint density at radius 2 is 1.71 bits per heavy atom. The van der Waals surface area contributed by atoms with Crippen LogP contribution in [0.3, 0.4) is 0 Å². The van der Waals surface area contributed by atoms with Gasteiger partial charge in [-0.15, -0.1) is 0 Å². The number of fused-ring (bicyclic) bond motifs is 1. The molecule has 7 nitrogen and oxygen atoms in total. The molecule has 0 fully saturated rings. The van der Waals surface area contributed by atoms with Crippen LogP contribution >= 0.6 is 0 Å². The number of rotatable bonds is 8. The number of sulfonamides is 1. The lowest BCUT2D eigenvalue weighted by atomic mass is 10.1. The fraction of sp³-hybridized carbons (Fsp3) is 0.333. The van der Waals surface area contributed by atoms with Gasteiger partial charge in [0.15, 0.2) is 0 Å². The SMILES string of the molecule is CS(=O)(=O)CCC(CNO)NS(=O)(=O)c1ccc2ccccc2c1. The van der Waals surface area contributed by atoms with Crippen LogP contribution < -0.4 is 10.2 Å². The summed E-state index contributed by atoms with van der Waals surface area (Å²) in [6.45, 7) is -0.0949. The third-order valence-electron chi connectivity index (χ3n) is 3.53. The maximum absolute atomic E-state index is 12.5. The van der Waals surface area contributed by atoms with Crippen molar-refractivity contribution in [3.8, 4) is 0 Å². The van der Waals surface area contributed by atoms with Gasteiger partial charge in [-0.2, -0.15) is 0 Å². The summed E-state index contributed by atoms with van der Waals surface area (Å²) in [5.41, 5.74) is 1.89. The summed E-state index contributed by atoms with van der Waals surface area (Å²) in [4.78, 5) is 0.0866. The van der Waals surface area contributed by atoms with Gasteiger partial charge in [-0.3, -0.25) is 0 Å². The molecule has 0 aliphatic rings. The lowest BCUT2D eigenvalue weighted by molar-refractivity contribution is 0.157. The second-order valence-electron chi connectivity index (χ2n) is 5.61. The van der Waals surface area contributed by atoms with Gasteiger partial charge in [0.05, 0.1) is 10.6 Å². The molecular formula is C15H20N2O5S2.